The van der Waals surface area contributed by atoms with Gasteiger partial charge in [0.1, 0.15) is 0 Å². The molecule has 1 aliphatic rings. The van der Waals surface area contributed by atoms with Crippen LogP contribution in [0, 0.1) is 0 Å². The quantitative estimate of drug-likeness (QED) is 0.505. The molecule has 1 fully saturated rings. The molecule has 1 aromatic heterocycles. The average Bonchev–Trinajstić information content (AvgIpc) is 3.21. The van der Waals surface area contributed by atoms with Crippen LogP contribution >= 0.6 is 23.4 Å². The fourth-order valence-corrected chi connectivity index (χ4v) is 4.45. The van der Waals surface area contributed by atoms with E-state index in [1.165, 1.54) is 11.8 Å². The minimum Gasteiger partial charge on any atom is -0.379 e. The smallest absolute Gasteiger partial charge is 0.230 e. The first-order valence-electron chi connectivity index (χ1n) is 10.6. The number of hydrogen-bond acceptors (Lipinski definition) is 6. The lowest BCUT2D eigenvalue weighted by atomic mass is 10.1. The molecule has 3 aromatic rings. The third kappa shape index (κ3) is 5.89. The van der Waals surface area contributed by atoms with Crippen molar-refractivity contribution in [2.75, 3.05) is 32.1 Å². The monoisotopic (exact) mass is 471 g/mol. The summed E-state index contributed by atoms with van der Waals surface area (Å²) in [5, 5.41) is 13.2. The summed E-state index contributed by atoms with van der Waals surface area (Å²) in [7, 11) is 0. The molecule has 0 saturated carbocycles. The van der Waals surface area contributed by atoms with Crippen LogP contribution in [-0.4, -0.2) is 57.6 Å². The molecule has 2 heterocycles. The van der Waals surface area contributed by atoms with Crippen LogP contribution in [0.15, 0.2) is 59.8 Å². The first-order chi connectivity index (χ1) is 15.6. The van der Waals surface area contributed by atoms with Gasteiger partial charge >= 0.3 is 0 Å². The van der Waals surface area contributed by atoms with Gasteiger partial charge in [0.05, 0.1) is 31.6 Å². The van der Waals surface area contributed by atoms with Gasteiger partial charge < -0.3 is 10.1 Å². The zero-order valence-electron chi connectivity index (χ0n) is 17.9. The van der Waals surface area contributed by atoms with E-state index in [9.17, 15) is 4.79 Å². The zero-order chi connectivity index (χ0) is 22.3. The van der Waals surface area contributed by atoms with Crippen LogP contribution in [0.5, 0.6) is 0 Å². The average molecular weight is 472 g/mol. The standard InChI is InChI=1S/C23H26ClN5O2S/c1-17(18-5-3-2-4-6-18)25-22(30)16-32-23-27-26-21(15-28-11-13-31-14-12-28)29(23)20-9-7-19(24)8-10-20/h2-10,17H,11-16H2,1H3,(H,25,30)/t17-/m1/s1. The number of amides is 1. The second-order valence-electron chi connectivity index (χ2n) is 7.59. The van der Waals surface area contributed by atoms with E-state index in [2.05, 4.69) is 20.4 Å². The first kappa shape index (κ1) is 22.8. The Morgan fingerprint density at radius 1 is 1.12 bits per heavy atom. The Balaban J connectivity index is 1.47. The molecule has 0 radical (unpaired) electrons. The van der Waals surface area contributed by atoms with Gasteiger partial charge in [-0.25, -0.2) is 0 Å². The van der Waals surface area contributed by atoms with Crippen LogP contribution in [0.1, 0.15) is 24.4 Å². The van der Waals surface area contributed by atoms with Crippen molar-refractivity contribution in [3.05, 3.63) is 71.0 Å². The number of ether oxygens (including phenoxy) is 1. The summed E-state index contributed by atoms with van der Waals surface area (Å²) >= 11 is 7.46. The van der Waals surface area contributed by atoms with Gasteiger partial charge in [0.15, 0.2) is 11.0 Å². The highest BCUT2D eigenvalue weighted by Crippen LogP contribution is 2.24. The Bertz CT molecular complexity index is 1020. The molecule has 32 heavy (non-hydrogen) atoms. The third-order valence-electron chi connectivity index (χ3n) is 5.26. The Morgan fingerprint density at radius 3 is 2.56 bits per heavy atom. The number of nitrogens with one attached hydrogen (secondary N) is 1. The number of thioether (sulfide) groups is 1. The summed E-state index contributed by atoms with van der Waals surface area (Å²) in [4.78, 5) is 14.9. The van der Waals surface area contributed by atoms with Crippen LogP contribution in [0.3, 0.4) is 0 Å². The number of morpholine rings is 1. The predicted molar refractivity (Wildman–Crippen MR) is 126 cm³/mol. The maximum absolute atomic E-state index is 12.6. The van der Waals surface area contributed by atoms with Gasteiger partial charge in [0.25, 0.3) is 0 Å². The highest BCUT2D eigenvalue weighted by atomic mass is 35.5. The summed E-state index contributed by atoms with van der Waals surface area (Å²) in [6.07, 6.45) is 0. The highest BCUT2D eigenvalue weighted by Gasteiger charge is 2.20. The number of carbonyl (C=O) groups is 1. The molecule has 7 nitrogen and oxygen atoms in total. The van der Waals surface area contributed by atoms with Gasteiger partial charge in [-0.15, -0.1) is 10.2 Å². The predicted octanol–water partition coefficient (Wildman–Crippen LogP) is 3.72. The molecule has 1 atom stereocenters. The number of halogens is 1. The molecule has 2 aromatic carbocycles. The van der Waals surface area contributed by atoms with Crippen LogP contribution in [0.4, 0.5) is 0 Å². The van der Waals surface area contributed by atoms with Crippen molar-refractivity contribution in [2.24, 2.45) is 0 Å². The zero-order valence-corrected chi connectivity index (χ0v) is 19.5. The lowest BCUT2D eigenvalue weighted by Crippen LogP contribution is -2.36. The van der Waals surface area contributed by atoms with Crippen molar-refractivity contribution < 1.29 is 9.53 Å². The van der Waals surface area contributed by atoms with Crippen molar-refractivity contribution in [1.82, 2.24) is 25.0 Å². The maximum atomic E-state index is 12.6. The summed E-state index contributed by atoms with van der Waals surface area (Å²) in [5.41, 5.74) is 1.99. The van der Waals surface area contributed by atoms with E-state index in [-0.39, 0.29) is 17.7 Å². The highest BCUT2D eigenvalue weighted by molar-refractivity contribution is 7.99. The summed E-state index contributed by atoms with van der Waals surface area (Å²) in [6, 6.07) is 17.4. The Labute approximate surface area is 197 Å². The molecule has 1 N–H and O–H groups in total. The number of nitrogens with zero attached hydrogens (tertiary/aromatic N) is 4. The molecule has 1 saturated heterocycles. The van der Waals surface area contributed by atoms with Crippen LogP contribution in [0.25, 0.3) is 5.69 Å². The Morgan fingerprint density at radius 2 is 1.84 bits per heavy atom. The molecular weight excluding hydrogens is 446 g/mol. The van der Waals surface area contributed by atoms with E-state index in [1.54, 1.807) is 0 Å². The van der Waals surface area contributed by atoms with Crippen LogP contribution < -0.4 is 5.32 Å². The molecule has 4 rings (SSSR count). The minimum absolute atomic E-state index is 0.0493. The van der Waals surface area contributed by atoms with Gasteiger partial charge in [-0.3, -0.25) is 14.3 Å². The Hall–Kier alpha value is -2.39. The van der Waals surface area contributed by atoms with Gasteiger partial charge in [-0.2, -0.15) is 0 Å². The van der Waals surface area contributed by atoms with E-state index in [0.717, 1.165) is 43.4 Å². The van der Waals surface area contributed by atoms with Crippen LogP contribution in [-0.2, 0) is 16.1 Å². The molecule has 168 valence electrons. The summed E-state index contributed by atoms with van der Waals surface area (Å²) < 4.78 is 7.46. The topological polar surface area (TPSA) is 72.3 Å². The largest absolute Gasteiger partial charge is 0.379 e. The minimum atomic E-state index is -0.0599. The molecule has 0 aliphatic carbocycles. The first-order valence-corrected chi connectivity index (χ1v) is 11.9. The van der Waals surface area contributed by atoms with Gasteiger partial charge in [-0.1, -0.05) is 53.7 Å². The normalized spacial score (nSPS) is 15.4. The molecular formula is C23H26ClN5O2S. The molecule has 1 aliphatic heterocycles. The second kappa shape index (κ2) is 11.0. The number of hydrogen-bond donors (Lipinski definition) is 1. The second-order valence-corrected chi connectivity index (χ2v) is 8.97. The van der Waals surface area contributed by atoms with Crippen molar-refractivity contribution in [3.63, 3.8) is 0 Å². The molecule has 0 spiro atoms. The fourth-order valence-electron chi connectivity index (χ4n) is 3.54. The number of aromatic nitrogens is 3. The van der Waals surface area contributed by atoms with Gasteiger partial charge in [0.2, 0.25) is 5.91 Å². The van der Waals surface area contributed by atoms with Gasteiger partial charge in [-0.05, 0) is 36.8 Å². The lowest BCUT2D eigenvalue weighted by Gasteiger charge is -2.26. The molecule has 0 bridgehead atoms. The van der Waals surface area contributed by atoms with Gasteiger partial charge in [0, 0.05) is 23.8 Å². The third-order valence-corrected chi connectivity index (χ3v) is 6.44. The Kier molecular flexibility index (Phi) is 7.81. The molecule has 1 amide bonds. The number of benzene rings is 2. The fraction of sp³-hybridized carbons (Fsp3) is 0.348. The van der Waals surface area contributed by atoms with Crippen molar-refractivity contribution in [1.29, 1.82) is 0 Å². The molecule has 9 heteroatoms. The van der Waals surface area contributed by atoms with E-state index >= 15 is 0 Å². The summed E-state index contributed by atoms with van der Waals surface area (Å²) in [5.74, 6) is 1.03. The SMILES string of the molecule is C[C@@H](NC(=O)CSc1nnc(CN2CCOCC2)n1-c1ccc(Cl)cc1)c1ccccc1. The van der Waals surface area contributed by atoms with Crippen molar-refractivity contribution in [2.45, 2.75) is 24.7 Å². The van der Waals surface area contributed by atoms with E-state index < -0.39 is 0 Å². The van der Waals surface area contributed by atoms with E-state index in [0.29, 0.717) is 16.7 Å². The maximum Gasteiger partial charge on any atom is 0.230 e. The van der Waals surface area contributed by atoms with Crippen molar-refractivity contribution in [3.8, 4) is 5.69 Å². The van der Waals surface area contributed by atoms with E-state index in [4.69, 9.17) is 16.3 Å². The lowest BCUT2D eigenvalue weighted by molar-refractivity contribution is -0.119. The van der Waals surface area contributed by atoms with E-state index in [1.807, 2.05) is 66.1 Å². The molecule has 0 unspecified atom stereocenters. The number of carbonyl (C=O) groups excluding carboxylic acids is 1. The van der Waals surface area contributed by atoms with Crippen molar-refractivity contribution >= 4 is 29.3 Å². The number of rotatable bonds is 8. The summed E-state index contributed by atoms with van der Waals surface area (Å²) in [6.45, 7) is 5.80. The van der Waals surface area contributed by atoms with Crippen LogP contribution in [0.2, 0.25) is 5.02 Å².